The number of piperidine rings is 1. The maximum absolute atomic E-state index is 13.1. The Balaban J connectivity index is 1.25. The quantitative estimate of drug-likeness (QED) is 0.450. The van der Waals surface area contributed by atoms with E-state index in [4.69, 9.17) is 4.98 Å². The van der Waals surface area contributed by atoms with Crippen LogP contribution >= 0.6 is 0 Å². The average Bonchev–Trinajstić information content (AvgIpc) is 3.43. The van der Waals surface area contributed by atoms with Gasteiger partial charge in [0, 0.05) is 45.9 Å². The fraction of sp³-hybridized carbons (Fsp3) is 0.333. The van der Waals surface area contributed by atoms with Crippen LogP contribution in [0.1, 0.15) is 37.4 Å². The van der Waals surface area contributed by atoms with Gasteiger partial charge in [-0.3, -0.25) is 9.59 Å². The number of amides is 1. The number of aromatic amines is 1. The molecule has 1 amide bonds. The number of imidazole rings is 1. The van der Waals surface area contributed by atoms with E-state index in [9.17, 15) is 14.9 Å². The molecule has 3 heterocycles. The van der Waals surface area contributed by atoms with Crippen molar-refractivity contribution in [3.8, 4) is 6.07 Å². The van der Waals surface area contributed by atoms with E-state index in [0.717, 1.165) is 41.1 Å². The Hall–Kier alpha value is -4.12. The molecular weight excluding hydrogens is 440 g/mol. The molecule has 0 spiro atoms. The number of hydrogen-bond donors (Lipinski definition) is 1. The molecule has 0 radical (unpaired) electrons. The van der Waals surface area contributed by atoms with Crippen molar-refractivity contribution in [3.05, 3.63) is 65.7 Å². The molecule has 1 aromatic heterocycles. The lowest BCUT2D eigenvalue weighted by Gasteiger charge is -2.32. The van der Waals surface area contributed by atoms with Crippen molar-refractivity contribution in [1.29, 1.82) is 5.26 Å². The number of fused-ring (bicyclic) bond motifs is 2. The molecule has 0 bridgehead atoms. The predicted octanol–water partition coefficient (Wildman–Crippen LogP) is 3.94. The Morgan fingerprint density at radius 3 is 2.43 bits per heavy atom. The van der Waals surface area contributed by atoms with Crippen LogP contribution in [0.25, 0.3) is 11.0 Å². The number of nitrogens with zero attached hydrogens (tertiary/aromatic N) is 5. The Labute approximate surface area is 204 Å². The van der Waals surface area contributed by atoms with Crippen molar-refractivity contribution in [1.82, 2.24) is 14.9 Å². The number of ketones is 1. The summed E-state index contributed by atoms with van der Waals surface area (Å²) in [6.07, 6.45) is 1.95. The summed E-state index contributed by atoms with van der Waals surface area (Å²) in [6.45, 7) is 1.26. The van der Waals surface area contributed by atoms with Gasteiger partial charge in [0.2, 0.25) is 5.91 Å². The molecule has 1 unspecified atom stereocenters. The summed E-state index contributed by atoms with van der Waals surface area (Å²) < 4.78 is 0. The molecule has 0 aliphatic carbocycles. The summed E-state index contributed by atoms with van der Waals surface area (Å²) in [5, 5.41) is 9.82. The highest BCUT2D eigenvalue weighted by Gasteiger charge is 2.32. The number of Topliss-reactive ketones (excluding diaryl/α,β-unsaturated/α-hetero) is 1. The van der Waals surface area contributed by atoms with E-state index < -0.39 is 0 Å². The first kappa shape index (κ1) is 22.7. The minimum atomic E-state index is -0.312. The molecule has 1 fully saturated rings. The van der Waals surface area contributed by atoms with Crippen LogP contribution in [0.5, 0.6) is 0 Å². The number of hydrogen-bond acceptors (Lipinski definition) is 6. The fourth-order valence-electron chi connectivity index (χ4n) is 5.15. The number of rotatable bonds is 5. The molecule has 2 aliphatic rings. The molecule has 3 aromatic rings. The van der Waals surface area contributed by atoms with Gasteiger partial charge >= 0.3 is 0 Å². The zero-order valence-electron chi connectivity index (χ0n) is 20.0. The first-order valence-corrected chi connectivity index (χ1v) is 11.9. The maximum Gasteiger partial charge on any atom is 0.223 e. The molecule has 1 saturated heterocycles. The second-order valence-corrected chi connectivity index (χ2v) is 9.16. The summed E-state index contributed by atoms with van der Waals surface area (Å²) in [6, 6.07) is 17.8. The Kier molecular flexibility index (Phi) is 6.00. The minimum Gasteiger partial charge on any atom is -0.342 e. The smallest absolute Gasteiger partial charge is 0.223 e. The number of aromatic nitrogens is 2. The van der Waals surface area contributed by atoms with Gasteiger partial charge in [-0.05, 0) is 37.1 Å². The molecule has 178 valence electrons. The van der Waals surface area contributed by atoms with Crippen LogP contribution in [0.3, 0.4) is 0 Å². The topological polar surface area (TPSA) is 96.3 Å². The van der Waals surface area contributed by atoms with Gasteiger partial charge in [-0.1, -0.05) is 24.3 Å². The lowest BCUT2D eigenvalue weighted by molar-refractivity contribution is -0.133. The van der Waals surface area contributed by atoms with Crippen LogP contribution in [0.4, 0.5) is 11.4 Å². The highest BCUT2D eigenvalue weighted by molar-refractivity contribution is 6.03. The van der Waals surface area contributed by atoms with E-state index in [1.807, 2.05) is 77.3 Å². The Bertz CT molecular complexity index is 1300. The third kappa shape index (κ3) is 4.14. The number of benzene rings is 2. The van der Waals surface area contributed by atoms with E-state index in [1.165, 1.54) is 0 Å². The van der Waals surface area contributed by atoms with E-state index >= 15 is 0 Å². The number of carbonyl (C=O) groups is 2. The van der Waals surface area contributed by atoms with Crippen molar-refractivity contribution in [2.75, 3.05) is 37.0 Å². The average molecular weight is 469 g/mol. The van der Waals surface area contributed by atoms with Crippen molar-refractivity contribution in [3.63, 3.8) is 0 Å². The molecule has 1 atom stereocenters. The molecule has 2 aromatic carbocycles. The molecule has 0 saturated carbocycles. The van der Waals surface area contributed by atoms with Crippen molar-refractivity contribution in [2.45, 2.75) is 31.6 Å². The third-order valence-electron chi connectivity index (χ3n) is 6.99. The summed E-state index contributed by atoms with van der Waals surface area (Å²) >= 11 is 0. The summed E-state index contributed by atoms with van der Waals surface area (Å²) in [7, 11) is 3.69. The number of anilines is 2. The molecule has 2 aliphatic heterocycles. The highest BCUT2D eigenvalue weighted by Crippen LogP contribution is 2.40. The van der Waals surface area contributed by atoms with E-state index in [2.05, 4.69) is 11.1 Å². The SMILES string of the molecule is CN1C(=C(C#N)C(=O)CCC(=O)N2CCCC(c3nc4ccccc4[nH]3)C2)N(C)c2ccccc21. The van der Waals surface area contributed by atoms with Gasteiger partial charge in [-0.25, -0.2) is 4.98 Å². The van der Waals surface area contributed by atoms with Gasteiger partial charge in [-0.2, -0.15) is 5.26 Å². The zero-order chi connectivity index (χ0) is 24.5. The number of para-hydroxylation sites is 4. The molecule has 8 nitrogen and oxygen atoms in total. The number of allylic oxidation sites excluding steroid dienone is 1. The van der Waals surface area contributed by atoms with Crippen LogP contribution in [0.2, 0.25) is 0 Å². The van der Waals surface area contributed by atoms with Gasteiger partial charge in [-0.15, -0.1) is 0 Å². The molecule has 8 heteroatoms. The third-order valence-corrected chi connectivity index (χ3v) is 6.99. The molecule has 5 rings (SSSR count). The standard InChI is InChI=1S/C27H28N6O2/c1-31-22-11-5-6-12-23(22)32(2)27(31)19(16-28)24(34)13-14-25(35)33-15-7-8-18(17-33)26-29-20-9-3-4-10-21(20)30-26/h3-6,9-12,18H,7-8,13-15,17H2,1-2H3,(H,29,30). The van der Waals surface area contributed by atoms with Crippen molar-refractivity contribution in [2.24, 2.45) is 0 Å². The van der Waals surface area contributed by atoms with Gasteiger partial charge in [0.05, 0.1) is 22.4 Å². The second kappa shape index (κ2) is 9.26. The second-order valence-electron chi connectivity index (χ2n) is 9.16. The minimum absolute atomic E-state index is 0.00898. The van der Waals surface area contributed by atoms with Crippen molar-refractivity contribution >= 4 is 34.1 Å². The monoisotopic (exact) mass is 468 g/mol. The summed E-state index contributed by atoms with van der Waals surface area (Å²) in [4.78, 5) is 39.7. The van der Waals surface area contributed by atoms with E-state index in [0.29, 0.717) is 18.9 Å². The Morgan fingerprint density at radius 2 is 1.74 bits per heavy atom. The van der Waals surface area contributed by atoms with Crippen LogP contribution in [0, 0.1) is 11.3 Å². The highest BCUT2D eigenvalue weighted by atomic mass is 16.2. The maximum atomic E-state index is 13.1. The van der Waals surface area contributed by atoms with Crippen LogP contribution in [-0.2, 0) is 9.59 Å². The summed E-state index contributed by atoms with van der Waals surface area (Å²) in [5.74, 6) is 1.23. The largest absolute Gasteiger partial charge is 0.342 e. The van der Waals surface area contributed by atoms with Crippen LogP contribution in [0.15, 0.2) is 59.9 Å². The number of likely N-dealkylation sites (tertiary alicyclic amines) is 1. The van der Waals surface area contributed by atoms with Crippen LogP contribution < -0.4 is 9.80 Å². The molecule has 1 N–H and O–H groups in total. The number of nitrogens with one attached hydrogen (secondary N) is 1. The van der Waals surface area contributed by atoms with E-state index in [-0.39, 0.29) is 36.0 Å². The number of carbonyl (C=O) groups excluding carboxylic acids is 2. The lowest BCUT2D eigenvalue weighted by atomic mass is 9.96. The summed E-state index contributed by atoms with van der Waals surface area (Å²) in [5.41, 5.74) is 3.88. The van der Waals surface area contributed by atoms with E-state index in [1.54, 1.807) is 0 Å². The van der Waals surface area contributed by atoms with Gasteiger partial charge in [0.15, 0.2) is 5.78 Å². The van der Waals surface area contributed by atoms with Gasteiger partial charge in [0.1, 0.15) is 23.3 Å². The zero-order valence-corrected chi connectivity index (χ0v) is 20.0. The first-order valence-electron chi connectivity index (χ1n) is 11.9. The molecular formula is C27H28N6O2. The first-order chi connectivity index (χ1) is 17.0. The van der Waals surface area contributed by atoms with Gasteiger partial charge in [0.25, 0.3) is 0 Å². The lowest BCUT2D eigenvalue weighted by Crippen LogP contribution is -2.39. The number of H-pyrrole nitrogens is 1. The Morgan fingerprint density at radius 1 is 1.06 bits per heavy atom. The molecule has 35 heavy (non-hydrogen) atoms. The van der Waals surface area contributed by atoms with Crippen LogP contribution in [-0.4, -0.2) is 53.7 Å². The number of nitriles is 1. The van der Waals surface area contributed by atoms with Gasteiger partial charge < -0.3 is 19.7 Å². The normalized spacial score (nSPS) is 17.5. The van der Waals surface area contributed by atoms with Crippen molar-refractivity contribution < 1.29 is 9.59 Å². The predicted molar refractivity (Wildman–Crippen MR) is 135 cm³/mol. The fourth-order valence-corrected chi connectivity index (χ4v) is 5.15.